The SMILES string of the molecule is CCNC(=O)N1CCC(CN(C(=O)OC(C)(C)C)c2nn3c(-c4cccc(OC(F)(F)F)c4)cnc3s2)CC1. The molecule has 4 rings (SSSR count). The quantitative estimate of drug-likeness (QED) is 0.419. The molecule has 14 heteroatoms. The van der Waals surface area contributed by atoms with Crippen molar-refractivity contribution in [2.24, 2.45) is 5.92 Å². The van der Waals surface area contributed by atoms with Crippen LogP contribution in [0.3, 0.4) is 0 Å². The minimum Gasteiger partial charge on any atom is -0.443 e. The normalized spacial score (nSPS) is 14.9. The van der Waals surface area contributed by atoms with E-state index >= 15 is 0 Å². The van der Waals surface area contributed by atoms with Gasteiger partial charge in [-0.25, -0.2) is 19.1 Å². The number of rotatable bonds is 6. The smallest absolute Gasteiger partial charge is 0.443 e. The molecule has 3 amide bonds. The molecule has 1 aliphatic heterocycles. The Balaban J connectivity index is 1.59. The molecule has 3 aromatic rings. The van der Waals surface area contributed by atoms with Crippen molar-refractivity contribution in [3.63, 3.8) is 0 Å². The van der Waals surface area contributed by atoms with Crippen LogP contribution in [0.5, 0.6) is 5.75 Å². The maximum atomic E-state index is 13.3. The van der Waals surface area contributed by atoms with Gasteiger partial charge in [-0.05, 0) is 58.6 Å². The number of nitrogens with zero attached hydrogens (tertiary/aromatic N) is 5. The molecule has 10 nitrogen and oxygen atoms in total. The second-order valence-corrected chi connectivity index (χ2v) is 11.1. The summed E-state index contributed by atoms with van der Waals surface area (Å²) in [5, 5.41) is 7.75. The Morgan fingerprint density at radius 1 is 1.21 bits per heavy atom. The molecule has 1 fully saturated rings. The second kappa shape index (κ2) is 11.3. The number of benzene rings is 1. The summed E-state index contributed by atoms with van der Waals surface area (Å²) in [7, 11) is 0. The van der Waals surface area contributed by atoms with Crippen LogP contribution in [0.1, 0.15) is 40.5 Å². The highest BCUT2D eigenvalue weighted by molar-refractivity contribution is 7.20. The van der Waals surface area contributed by atoms with Crippen LogP contribution < -0.4 is 15.0 Å². The van der Waals surface area contributed by atoms with Gasteiger partial charge in [0.15, 0.2) is 0 Å². The first kappa shape index (κ1) is 28.5. The molecule has 1 aromatic carbocycles. The number of nitrogens with one attached hydrogen (secondary N) is 1. The van der Waals surface area contributed by atoms with Crippen molar-refractivity contribution >= 4 is 33.6 Å². The van der Waals surface area contributed by atoms with Crippen LogP contribution in [0.15, 0.2) is 30.5 Å². The molecule has 0 aliphatic carbocycles. The van der Waals surface area contributed by atoms with Crippen LogP contribution in [0.2, 0.25) is 0 Å². The van der Waals surface area contributed by atoms with E-state index in [0.29, 0.717) is 60.4 Å². The molecule has 1 saturated heterocycles. The minimum atomic E-state index is -4.82. The van der Waals surface area contributed by atoms with Gasteiger partial charge in [0.05, 0.1) is 11.9 Å². The largest absolute Gasteiger partial charge is 0.573 e. The first-order valence-electron chi connectivity index (χ1n) is 12.6. The summed E-state index contributed by atoms with van der Waals surface area (Å²) in [4.78, 5) is 33.5. The molecular weight excluding hydrogens is 537 g/mol. The van der Waals surface area contributed by atoms with Gasteiger partial charge in [-0.15, -0.1) is 18.3 Å². The predicted octanol–water partition coefficient (Wildman–Crippen LogP) is 5.54. The van der Waals surface area contributed by atoms with Crippen molar-refractivity contribution in [1.82, 2.24) is 24.8 Å². The Bertz CT molecular complexity index is 1310. The predicted molar refractivity (Wildman–Crippen MR) is 140 cm³/mol. The van der Waals surface area contributed by atoms with E-state index in [1.165, 1.54) is 45.1 Å². The van der Waals surface area contributed by atoms with Gasteiger partial charge in [-0.1, -0.05) is 23.5 Å². The third-order valence-corrected chi connectivity index (χ3v) is 6.90. The van der Waals surface area contributed by atoms with E-state index in [2.05, 4.69) is 20.1 Å². The summed E-state index contributed by atoms with van der Waals surface area (Å²) in [6.07, 6.45) is -2.47. The van der Waals surface area contributed by atoms with Crippen LogP contribution in [0, 0.1) is 5.92 Å². The fourth-order valence-corrected chi connectivity index (χ4v) is 5.10. The number of aromatic nitrogens is 3. The number of amides is 3. The number of hydrogen-bond acceptors (Lipinski definition) is 7. The number of fused-ring (bicyclic) bond motifs is 1. The third-order valence-electron chi connectivity index (χ3n) is 5.95. The van der Waals surface area contributed by atoms with E-state index in [1.54, 1.807) is 31.7 Å². The van der Waals surface area contributed by atoms with Gasteiger partial charge in [-0.2, -0.15) is 0 Å². The van der Waals surface area contributed by atoms with Crippen molar-refractivity contribution in [2.45, 2.75) is 52.5 Å². The lowest BCUT2D eigenvalue weighted by atomic mass is 9.96. The summed E-state index contributed by atoms with van der Waals surface area (Å²) >= 11 is 1.17. The van der Waals surface area contributed by atoms with Gasteiger partial charge in [0.25, 0.3) is 0 Å². The summed E-state index contributed by atoms with van der Waals surface area (Å²) in [5.74, 6) is -0.255. The maximum absolute atomic E-state index is 13.3. The molecule has 212 valence electrons. The number of halogens is 3. The number of carbonyl (C=O) groups excluding carboxylic acids is 2. The summed E-state index contributed by atoms with van der Waals surface area (Å²) in [5.41, 5.74) is 0.125. The van der Waals surface area contributed by atoms with Crippen LogP contribution >= 0.6 is 11.3 Å². The highest BCUT2D eigenvalue weighted by atomic mass is 32.1. The van der Waals surface area contributed by atoms with Gasteiger partial charge < -0.3 is 19.7 Å². The standard InChI is InChI=1S/C25H31F3N6O4S/c1-5-29-20(35)32-11-9-16(10-12-32)15-33(23(36)38-24(2,3)4)22-31-34-19(14-30-21(34)39-22)17-7-6-8-18(13-17)37-25(26,27)28/h6-8,13-14,16H,5,9-12,15H2,1-4H3,(H,29,35). The summed E-state index contributed by atoms with van der Waals surface area (Å²) in [6, 6.07) is 5.44. The zero-order valence-electron chi connectivity index (χ0n) is 22.1. The second-order valence-electron chi connectivity index (χ2n) is 10.2. The monoisotopic (exact) mass is 568 g/mol. The topological polar surface area (TPSA) is 101 Å². The lowest BCUT2D eigenvalue weighted by Gasteiger charge is -2.34. The van der Waals surface area contributed by atoms with Gasteiger partial charge in [0.1, 0.15) is 11.4 Å². The van der Waals surface area contributed by atoms with E-state index in [1.807, 2.05) is 6.92 Å². The Morgan fingerprint density at radius 2 is 1.92 bits per heavy atom. The van der Waals surface area contributed by atoms with Gasteiger partial charge in [-0.3, -0.25) is 4.90 Å². The molecule has 0 unspecified atom stereocenters. The number of anilines is 1. The van der Waals surface area contributed by atoms with Crippen molar-refractivity contribution in [3.8, 4) is 17.0 Å². The Morgan fingerprint density at radius 3 is 2.56 bits per heavy atom. The molecule has 2 aromatic heterocycles. The average molecular weight is 569 g/mol. The number of imidazole rings is 1. The van der Waals surface area contributed by atoms with Crippen molar-refractivity contribution in [3.05, 3.63) is 30.5 Å². The van der Waals surface area contributed by atoms with Crippen molar-refractivity contribution in [2.75, 3.05) is 31.1 Å². The number of hydrogen-bond donors (Lipinski definition) is 1. The summed E-state index contributed by atoms with van der Waals surface area (Å²) in [6.45, 7) is 9.22. The Hall–Kier alpha value is -3.55. The Kier molecular flexibility index (Phi) is 8.23. The molecule has 1 aliphatic rings. The fraction of sp³-hybridized carbons (Fsp3) is 0.520. The molecule has 0 bridgehead atoms. The zero-order valence-corrected chi connectivity index (χ0v) is 22.9. The highest BCUT2D eigenvalue weighted by Crippen LogP contribution is 2.33. The number of alkyl halides is 3. The van der Waals surface area contributed by atoms with Crippen LogP contribution in [0.25, 0.3) is 16.2 Å². The molecule has 0 atom stereocenters. The van der Waals surface area contributed by atoms with Crippen molar-refractivity contribution < 1.29 is 32.2 Å². The van der Waals surface area contributed by atoms with Gasteiger partial charge in [0.2, 0.25) is 10.1 Å². The van der Waals surface area contributed by atoms with E-state index in [9.17, 15) is 22.8 Å². The number of likely N-dealkylation sites (tertiary alicyclic amines) is 1. The first-order valence-corrected chi connectivity index (χ1v) is 13.4. The summed E-state index contributed by atoms with van der Waals surface area (Å²) < 4.78 is 49.4. The molecule has 3 heterocycles. The third kappa shape index (κ3) is 7.31. The van der Waals surface area contributed by atoms with Gasteiger partial charge >= 0.3 is 18.5 Å². The van der Waals surface area contributed by atoms with E-state index in [0.717, 1.165) is 0 Å². The number of ether oxygens (including phenoxy) is 2. The molecule has 0 spiro atoms. The average Bonchev–Trinajstić information content (AvgIpc) is 3.42. The first-order chi connectivity index (χ1) is 18.3. The van der Waals surface area contributed by atoms with Crippen molar-refractivity contribution in [1.29, 1.82) is 0 Å². The van der Waals surface area contributed by atoms with E-state index < -0.39 is 18.1 Å². The Labute approximate surface area is 227 Å². The molecule has 1 N–H and O–H groups in total. The molecule has 0 saturated carbocycles. The molecule has 39 heavy (non-hydrogen) atoms. The lowest BCUT2D eigenvalue weighted by Crippen LogP contribution is -2.47. The van der Waals surface area contributed by atoms with Gasteiger partial charge in [0, 0.05) is 31.7 Å². The van der Waals surface area contributed by atoms with E-state index in [4.69, 9.17) is 4.74 Å². The molecular formula is C25H31F3N6O4S. The highest BCUT2D eigenvalue weighted by Gasteiger charge is 2.33. The van der Waals surface area contributed by atoms with E-state index in [-0.39, 0.29) is 17.7 Å². The van der Waals surface area contributed by atoms with Crippen LogP contribution in [-0.2, 0) is 4.74 Å². The maximum Gasteiger partial charge on any atom is 0.573 e. The number of urea groups is 1. The van der Waals surface area contributed by atoms with Crippen LogP contribution in [0.4, 0.5) is 27.9 Å². The zero-order chi connectivity index (χ0) is 28.4. The van der Waals surface area contributed by atoms with Crippen LogP contribution in [-0.4, -0.2) is 69.8 Å². The molecule has 0 radical (unpaired) electrons. The lowest BCUT2D eigenvalue weighted by molar-refractivity contribution is -0.274. The fourth-order valence-electron chi connectivity index (χ4n) is 4.23. The minimum absolute atomic E-state index is 0.0988. The number of piperidine rings is 1. The number of carbonyl (C=O) groups is 2.